The van der Waals surface area contributed by atoms with Crippen molar-refractivity contribution in [2.24, 2.45) is 10.2 Å². The van der Waals surface area contributed by atoms with Crippen molar-refractivity contribution in [3.63, 3.8) is 0 Å². The largest absolute Gasteiger partial charge is 0.416 e. The van der Waals surface area contributed by atoms with Gasteiger partial charge in [-0.25, -0.2) is 0 Å². The van der Waals surface area contributed by atoms with E-state index >= 15 is 0 Å². The quantitative estimate of drug-likeness (QED) is 0.302. The minimum atomic E-state index is -4.45. The summed E-state index contributed by atoms with van der Waals surface area (Å²) in [7, 11) is 0. The number of amidine groups is 1. The monoisotopic (exact) mass is 443 g/mol. The second kappa shape index (κ2) is 8.34. The molecule has 1 heterocycles. The van der Waals surface area contributed by atoms with E-state index in [1.165, 1.54) is 36.6 Å². The van der Waals surface area contributed by atoms with E-state index in [1.54, 1.807) is 0 Å². The molecule has 0 spiro atoms. The minimum absolute atomic E-state index is 0.126. The van der Waals surface area contributed by atoms with E-state index in [1.807, 2.05) is 0 Å². The Hall–Kier alpha value is -3.08. The molecule has 1 amide bonds. The molecule has 2 aromatic carbocycles. The first-order chi connectivity index (χ1) is 14.0. The van der Waals surface area contributed by atoms with Crippen molar-refractivity contribution in [1.29, 1.82) is 0 Å². The first-order valence-electron chi connectivity index (χ1n) is 8.19. The molecule has 1 aliphatic rings. The normalized spacial score (nSPS) is 17.9. The zero-order valence-corrected chi connectivity index (χ0v) is 15.6. The van der Waals surface area contributed by atoms with E-state index in [9.17, 15) is 31.1 Å². The zero-order chi connectivity index (χ0) is 21.9. The highest BCUT2D eigenvalue weighted by atomic mass is 32.2. The van der Waals surface area contributed by atoms with Gasteiger partial charge in [0, 0.05) is 0 Å². The number of nitrogens with one attached hydrogen (secondary N) is 1. The second-order valence-electron chi connectivity index (χ2n) is 5.95. The second-order valence-corrected chi connectivity index (χ2v) is 6.98. The van der Waals surface area contributed by atoms with E-state index in [0.29, 0.717) is 11.1 Å². The van der Waals surface area contributed by atoms with E-state index < -0.39 is 29.4 Å². The highest BCUT2D eigenvalue weighted by Crippen LogP contribution is 2.31. The fourth-order valence-electron chi connectivity index (χ4n) is 2.30. The summed E-state index contributed by atoms with van der Waals surface area (Å²) in [6.45, 7) is 0. The van der Waals surface area contributed by atoms with Gasteiger partial charge in [0.2, 0.25) is 0 Å². The lowest BCUT2D eigenvalue weighted by Crippen LogP contribution is -2.19. The lowest BCUT2D eigenvalue weighted by Gasteiger charge is -2.06. The van der Waals surface area contributed by atoms with Crippen LogP contribution in [-0.4, -0.2) is 17.3 Å². The maximum atomic E-state index is 12.6. The third-order valence-corrected chi connectivity index (χ3v) is 4.68. The number of nitrogens with zero attached hydrogens (tertiary/aromatic N) is 2. The van der Waals surface area contributed by atoms with Crippen LogP contribution in [0.15, 0.2) is 63.6 Å². The lowest BCUT2D eigenvalue weighted by atomic mass is 10.1. The van der Waals surface area contributed by atoms with Crippen LogP contribution in [0, 0.1) is 0 Å². The van der Waals surface area contributed by atoms with Crippen molar-refractivity contribution in [2.45, 2.75) is 12.4 Å². The van der Waals surface area contributed by atoms with Gasteiger partial charge < -0.3 is 0 Å². The summed E-state index contributed by atoms with van der Waals surface area (Å²) >= 11 is 0.930. The maximum Gasteiger partial charge on any atom is 0.416 e. The zero-order valence-electron chi connectivity index (χ0n) is 14.8. The Bertz CT molecular complexity index is 1020. The summed E-state index contributed by atoms with van der Waals surface area (Å²) in [6, 6.07) is 8.56. The van der Waals surface area contributed by atoms with Crippen molar-refractivity contribution < 1.29 is 31.1 Å². The number of carbonyl (C=O) groups is 1. The van der Waals surface area contributed by atoms with Gasteiger partial charge >= 0.3 is 12.4 Å². The Labute approximate surface area is 170 Å². The maximum absolute atomic E-state index is 12.6. The molecule has 3 rings (SSSR count). The third kappa shape index (κ3) is 5.50. The van der Waals surface area contributed by atoms with Crippen LogP contribution >= 0.6 is 11.8 Å². The summed E-state index contributed by atoms with van der Waals surface area (Å²) in [6.07, 6.45) is -6.26. The summed E-state index contributed by atoms with van der Waals surface area (Å²) in [5, 5.41) is 10.1. The Balaban J connectivity index is 1.67. The van der Waals surface area contributed by atoms with Crippen LogP contribution in [0.5, 0.6) is 0 Å². The van der Waals surface area contributed by atoms with Gasteiger partial charge in [0.15, 0.2) is 5.17 Å². The Morgan fingerprint density at radius 2 is 1.30 bits per heavy atom. The number of carbonyl (C=O) groups excluding carboxylic acids is 1. The van der Waals surface area contributed by atoms with Gasteiger partial charge in [0.05, 0.1) is 22.2 Å². The van der Waals surface area contributed by atoms with Crippen molar-refractivity contribution in [2.75, 3.05) is 0 Å². The number of halogens is 6. The topological polar surface area (TPSA) is 53.8 Å². The molecule has 156 valence electrons. The lowest BCUT2D eigenvalue weighted by molar-refractivity contribution is -0.138. The van der Waals surface area contributed by atoms with Crippen LogP contribution in [0.3, 0.4) is 0 Å². The molecular weight excluding hydrogens is 432 g/mol. The molecule has 0 aliphatic carbocycles. The molecule has 0 bridgehead atoms. The van der Waals surface area contributed by atoms with Crippen LogP contribution in [0.1, 0.15) is 22.3 Å². The Morgan fingerprint density at radius 3 is 1.80 bits per heavy atom. The van der Waals surface area contributed by atoms with Gasteiger partial charge in [-0.15, -0.1) is 5.10 Å². The standard InChI is InChI=1S/C19H11F6N3OS/c20-18(21,22)13-5-1-11(2-6-13)9-15-16(29)27-17(30-15)28-26-10-12-3-7-14(8-4-12)19(23,24)25/h1-10H,(H,27,28,29)/b15-9-,26-10+. The molecule has 0 unspecified atom stereocenters. The smallest absolute Gasteiger partial charge is 0.299 e. The van der Waals surface area contributed by atoms with Gasteiger partial charge in [-0.3, -0.25) is 10.1 Å². The SMILES string of the molecule is O=C1N/C(=N/N=C/c2ccc(C(F)(F)F)cc2)S/C1=C\c1ccc(C(F)(F)F)cc1. The molecule has 1 fully saturated rings. The number of rotatable bonds is 3. The van der Waals surface area contributed by atoms with Gasteiger partial charge in [-0.2, -0.15) is 31.4 Å². The fourth-order valence-corrected chi connectivity index (χ4v) is 3.08. The number of hydrogen-bond donors (Lipinski definition) is 1. The van der Waals surface area contributed by atoms with Crippen molar-refractivity contribution in [1.82, 2.24) is 5.32 Å². The molecule has 0 saturated carbocycles. The molecule has 1 aliphatic heterocycles. The first-order valence-corrected chi connectivity index (χ1v) is 9.00. The van der Waals surface area contributed by atoms with Crippen molar-refractivity contribution in [3.05, 3.63) is 75.7 Å². The van der Waals surface area contributed by atoms with Gasteiger partial charge in [-0.1, -0.05) is 24.3 Å². The van der Waals surface area contributed by atoms with E-state index in [0.717, 1.165) is 36.0 Å². The third-order valence-electron chi connectivity index (χ3n) is 3.78. The number of amides is 1. The average molecular weight is 443 g/mol. The Kier molecular flexibility index (Phi) is 6.01. The number of thioether (sulfide) groups is 1. The molecule has 1 saturated heterocycles. The minimum Gasteiger partial charge on any atom is -0.299 e. The summed E-state index contributed by atoms with van der Waals surface area (Å²) < 4.78 is 75.3. The summed E-state index contributed by atoms with van der Waals surface area (Å²) in [5.74, 6) is -0.497. The summed E-state index contributed by atoms with van der Waals surface area (Å²) in [4.78, 5) is 12.2. The van der Waals surface area contributed by atoms with Crippen LogP contribution in [0.25, 0.3) is 6.08 Å². The molecule has 4 nitrogen and oxygen atoms in total. The van der Waals surface area contributed by atoms with Gasteiger partial charge in [-0.05, 0) is 53.2 Å². The summed E-state index contributed by atoms with van der Waals surface area (Å²) in [5.41, 5.74) is -0.812. The van der Waals surface area contributed by atoms with Crippen LogP contribution in [-0.2, 0) is 17.1 Å². The molecule has 0 atom stereocenters. The van der Waals surface area contributed by atoms with E-state index in [-0.39, 0.29) is 10.1 Å². The number of benzene rings is 2. The van der Waals surface area contributed by atoms with Crippen LogP contribution in [0.4, 0.5) is 26.3 Å². The molecule has 2 aromatic rings. The average Bonchev–Trinajstić information content (AvgIpc) is 3.00. The molecule has 1 N–H and O–H groups in total. The Morgan fingerprint density at radius 1 is 0.800 bits per heavy atom. The highest BCUT2D eigenvalue weighted by Gasteiger charge is 2.30. The van der Waals surface area contributed by atoms with E-state index in [2.05, 4.69) is 15.5 Å². The van der Waals surface area contributed by atoms with Gasteiger partial charge in [0.1, 0.15) is 0 Å². The molecule has 11 heteroatoms. The van der Waals surface area contributed by atoms with Crippen LogP contribution in [0.2, 0.25) is 0 Å². The van der Waals surface area contributed by atoms with Gasteiger partial charge in [0.25, 0.3) is 5.91 Å². The predicted molar refractivity (Wildman–Crippen MR) is 102 cm³/mol. The van der Waals surface area contributed by atoms with Crippen molar-refractivity contribution in [3.8, 4) is 0 Å². The first kappa shape index (κ1) is 21.6. The molecule has 0 aromatic heterocycles. The fraction of sp³-hybridized carbons (Fsp3) is 0.105. The number of alkyl halides is 6. The van der Waals surface area contributed by atoms with Crippen molar-refractivity contribution >= 4 is 35.1 Å². The molecule has 30 heavy (non-hydrogen) atoms. The predicted octanol–water partition coefficient (Wildman–Crippen LogP) is 5.32. The molecular formula is C19H11F6N3OS. The van der Waals surface area contributed by atoms with Crippen LogP contribution < -0.4 is 5.32 Å². The highest BCUT2D eigenvalue weighted by molar-refractivity contribution is 8.18. The van der Waals surface area contributed by atoms with E-state index in [4.69, 9.17) is 0 Å². The molecule has 0 radical (unpaired) electrons. The number of hydrogen-bond acceptors (Lipinski definition) is 4.